The van der Waals surface area contributed by atoms with Gasteiger partial charge in [-0.25, -0.2) is 0 Å². The number of hydrogen-bond acceptors (Lipinski definition) is 4. The molecule has 2 saturated carbocycles. The number of benzene rings is 1. The van der Waals surface area contributed by atoms with Crippen LogP contribution in [0.15, 0.2) is 24.3 Å². The molecule has 0 bridgehead atoms. The van der Waals surface area contributed by atoms with Crippen LogP contribution in [0.1, 0.15) is 61.4 Å². The van der Waals surface area contributed by atoms with Gasteiger partial charge in [0.25, 0.3) is 5.91 Å². The van der Waals surface area contributed by atoms with Crippen LogP contribution in [0.3, 0.4) is 0 Å². The van der Waals surface area contributed by atoms with E-state index in [9.17, 15) is 27.9 Å². The smallest absolute Gasteiger partial charge is 0.376 e. The Bertz CT molecular complexity index is 806. The average molecular weight is 424 g/mol. The second kappa shape index (κ2) is 7.34. The fraction of sp³-hybridized carbons (Fsp3) is 0.636. The van der Waals surface area contributed by atoms with Gasteiger partial charge in [0.05, 0.1) is 5.54 Å². The fourth-order valence-electron chi connectivity index (χ4n) is 4.46. The highest BCUT2D eigenvalue weighted by atomic mass is 19.4. The van der Waals surface area contributed by atoms with Gasteiger partial charge in [-0.1, -0.05) is 12.1 Å². The van der Waals surface area contributed by atoms with Crippen LogP contribution in [0, 0.1) is 0 Å². The number of rotatable bonds is 6. The molecule has 3 fully saturated rings. The monoisotopic (exact) mass is 424 g/mol. The first-order valence-corrected chi connectivity index (χ1v) is 10.5. The Morgan fingerprint density at radius 1 is 1.10 bits per heavy atom. The summed E-state index contributed by atoms with van der Waals surface area (Å²) in [6.45, 7) is 2.25. The highest BCUT2D eigenvalue weighted by Crippen LogP contribution is 2.42. The van der Waals surface area contributed by atoms with Crippen molar-refractivity contribution in [3.05, 3.63) is 35.4 Å². The van der Waals surface area contributed by atoms with E-state index in [4.69, 9.17) is 0 Å². The Balaban J connectivity index is 1.46. The molecule has 3 aliphatic rings. The van der Waals surface area contributed by atoms with Crippen molar-refractivity contribution in [1.29, 1.82) is 0 Å². The second-order valence-corrected chi connectivity index (χ2v) is 9.03. The third kappa shape index (κ3) is 3.75. The van der Waals surface area contributed by atoms with Crippen molar-refractivity contribution in [2.24, 2.45) is 0 Å². The van der Waals surface area contributed by atoms with Crippen LogP contribution in [0.5, 0.6) is 0 Å². The van der Waals surface area contributed by atoms with Gasteiger partial charge in [0, 0.05) is 30.7 Å². The van der Waals surface area contributed by atoms with Crippen molar-refractivity contribution in [2.45, 2.75) is 74.8 Å². The number of hydrogen-bond donors (Lipinski definition) is 1. The van der Waals surface area contributed by atoms with Gasteiger partial charge in [-0.3, -0.25) is 9.69 Å². The summed E-state index contributed by atoms with van der Waals surface area (Å²) in [5.74, 6) is -0.175. The molecule has 1 aliphatic heterocycles. The lowest BCUT2D eigenvalue weighted by molar-refractivity contribution is -0.258. The lowest BCUT2D eigenvalue weighted by atomic mass is 9.94. The van der Waals surface area contributed by atoms with E-state index < -0.39 is 11.8 Å². The van der Waals surface area contributed by atoms with Crippen molar-refractivity contribution in [2.75, 3.05) is 13.1 Å². The first-order valence-electron chi connectivity index (χ1n) is 10.5. The average Bonchev–Trinajstić information content (AvgIpc) is 3.63. The van der Waals surface area contributed by atoms with E-state index in [2.05, 4.69) is 4.90 Å². The van der Waals surface area contributed by atoms with Crippen LogP contribution >= 0.6 is 0 Å². The standard InChI is InChI=1S/C22H27F3N2O3/c1-20(30,22(23,24)25)16-4-2-15(3-5-16)19(29)27(17-6-7-17)18-8-12-26(13-9-18)21(14-28)10-11-21/h2-5,14,17-18,30H,6-13H2,1H3. The molecule has 1 aromatic carbocycles. The third-order valence-corrected chi connectivity index (χ3v) is 6.89. The molecular formula is C22H27F3N2O3. The van der Waals surface area contributed by atoms with Crippen LogP contribution < -0.4 is 0 Å². The lowest BCUT2D eigenvalue weighted by Gasteiger charge is -2.41. The van der Waals surface area contributed by atoms with E-state index in [0.717, 1.165) is 57.9 Å². The van der Waals surface area contributed by atoms with E-state index >= 15 is 0 Å². The molecule has 30 heavy (non-hydrogen) atoms. The van der Waals surface area contributed by atoms with Gasteiger partial charge < -0.3 is 14.8 Å². The van der Waals surface area contributed by atoms with Gasteiger partial charge in [-0.15, -0.1) is 0 Å². The summed E-state index contributed by atoms with van der Waals surface area (Å²) >= 11 is 0. The number of alkyl halides is 3. The zero-order valence-corrected chi connectivity index (χ0v) is 17.0. The summed E-state index contributed by atoms with van der Waals surface area (Å²) in [5, 5.41) is 9.83. The third-order valence-electron chi connectivity index (χ3n) is 6.89. The first kappa shape index (κ1) is 21.3. The summed E-state index contributed by atoms with van der Waals surface area (Å²) in [6, 6.07) is 5.33. The number of carbonyl (C=O) groups excluding carboxylic acids is 2. The lowest BCUT2D eigenvalue weighted by Crippen LogP contribution is -2.51. The highest BCUT2D eigenvalue weighted by molar-refractivity contribution is 5.95. The van der Waals surface area contributed by atoms with Crippen molar-refractivity contribution < 1.29 is 27.9 Å². The number of amides is 1. The number of nitrogens with zero attached hydrogens (tertiary/aromatic N) is 2. The minimum Gasteiger partial charge on any atom is -0.376 e. The summed E-state index contributed by atoms with van der Waals surface area (Å²) in [6.07, 6.45) is 1.51. The number of aldehydes is 1. The van der Waals surface area contributed by atoms with Gasteiger partial charge in [0.1, 0.15) is 6.29 Å². The fourth-order valence-corrected chi connectivity index (χ4v) is 4.46. The molecule has 164 valence electrons. The Morgan fingerprint density at radius 3 is 2.07 bits per heavy atom. The van der Waals surface area contributed by atoms with E-state index in [1.54, 1.807) is 0 Å². The van der Waals surface area contributed by atoms with Crippen molar-refractivity contribution in [3.63, 3.8) is 0 Å². The molecule has 2 aliphatic carbocycles. The van der Waals surface area contributed by atoms with Crippen LogP contribution in [-0.2, 0) is 10.4 Å². The number of likely N-dealkylation sites (tertiary alicyclic amines) is 1. The Morgan fingerprint density at radius 2 is 1.63 bits per heavy atom. The predicted octanol–water partition coefficient (Wildman–Crippen LogP) is 3.26. The molecule has 1 N–H and O–H groups in total. The molecule has 4 rings (SSSR count). The van der Waals surface area contributed by atoms with Gasteiger partial charge in [0.15, 0.2) is 5.60 Å². The second-order valence-electron chi connectivity index (χ2n) is 9.03. The summed E-state index contributed by atoms with van der Waals surface area (Å²) < 4.78 is 39.2. The maximum absolute atomic E-state index is 13.2. The molecule has 1 amide bonds. The molecule has 1 heterocycles. The summed E-state index contributed by atoms with van der Waals surface area (Å²) in [7, 11) is 0. The predicted molar refractivity (Wildman–Crippen MR) is 104 cm³/mol. The van der Waals surface area contributed by atoms with Gasteiger partial charge in [-0.05, 0) is 63.1 Å². The molecule has 1 aromatic rings. The zero-order valence-electron chi connectivity index (χ0n) is 17.0. The number of piperidine rings is 1. The maximum atomic E-state index is 13.2. The largest absolute Gasteiger partial charge is 0.421 e. The maximum Gasteiger partial charge on any atom is 0.421 e. The molecular weight excluding hydrogens is 397 g/mol. The van der Waals surface area contributed by atoms with Crippen LogP contribution in [0.4, 0.5) is 13.2 Å². The van der Waals surface area contributed by atoms with Gasteiger partial charge in [0.2, 0.25) is 0 Å². The minimum atomic E-state index is -4.80. The summed E-state index contributed by atoms with van der Waals surface area (Å²) in [5.41, 5.74) is -3.21. The topological polar surface area (TPSA) is 60.9 Å². The van der Waals surface area contributed by atoms with E-state index in [-0.39, 0.29) is 29.1 Å². The van der Waals surface area contributed by atoms with Gasteiger partial charge in [-0.2, -0.15) is 13.2 Å². The number of carbonyl (C=O) groups is 2. The van der Waals surface area contributed by atoms with Crippen molar-refractivity contribution in [3.8, 4) is 0 Å². The quantitative estimate of drug-likeness (QED) is 0.713. The Hall–Kier alpha value is -1.93. The molecule has 0 radical (unpaired) electrons. The van der Waals surface area contributed by atoms with Crippen LogP contribution in [-0.4, -0.2) is 64.0 Å². The highest BCUT2D eigenvalue weighted by Gasteiger charge is 2.51. The normalized spacial score (nSPS) is 24.2. The molecule has 1 unspecified atom stereocenters. The molecule has 1 atom stereocenters. The SMILES string of the molecule is CC(O)(c1ccc(C(=O)N(C2CC2)C2CCN(C3(C=O)CC3)CC2)cc1)C(F)(F)F. The minimum absolute atomic E-state index is 0.0710. The number of halogens is 3. The van der Waals surface area contributed by atoms with Crippen LogP contribution in [0.25, 0.3) is 0 Å². The molecule has 0 spiro atoms. The van der Waals surface area contributed by atoms with E-state index in [1.165, 1.54) is 24.3 Å². The number of aliphatic hydroxyl groups is 1. The van der Waals surface area contributed by atoms with E-state index in [0.29, 0.717) is 12.5 Å². The Kier molecular flexibility index (Phi) is 5.21. The molecule has 5 nitrogen and oxygen atoms in total. The Labute approximate surface area is 173 Å². The van der Waals surface area contributed by atoms with Crippen LogP contribution in [0.2, 0.25) is 0 Å². The molecule has 1 saturated heterocycles. The van der Waals surface area contributed by atoms with E-state index in [1.807, 2.05) is 4.90 Å². The zero-order chi connectivity index (χ0) is 21.7. The molecule has 8 heteroatoms. The van der Waals surface area contributed by atoms with Crippen molar-refractivity contribution in [1.82, 2.24) is 9.80 Å². The first-order chi connectivity index (χ1) is 14.1. The molecule has 0 aromatic heterocycles. The summed E-state index contributed by atoms with van der Waals surface area (Å²) in [4.78, 5) is 28.7. The van der Waals surface area contributed by atoms with Gasteiger partial charge >= 0.3 is 6.18 Å². The van der Waals surface area contributed by atoms with Crippen molar-refractivity contribution >= 4 is 12.2 Å².